The Morgan fingerprint density at radius 1 is 0.905 bits per heavy atom. The molecular formula is C30H31Cl4N3O4S. The van der Waals surface area contributed by atoms with Gasteiger partial charge in [0.25, 0.3) is 10.0 Å². The number of carbonyl (C=O) groups excluding carboxylic acids is 2. The zero-order chi connectivity index (χ0) is 30.4. The molecule has 0 radical (unpaired) electrons. The highest BCUT2D eigenvalue weighted by atomic mass is 35.5. The quantitative estimate of drug-likeness (QED) is 0.231. The van der Waals surface area contributed by atoms with Gasteiger partial charge in [-0.25, -0.2) is 8.42 Å². The third kappa shape index (κ3) is 7.71. The summed E-state index contributed by atoms with van der Waals surface area (Å²) in [5.74, 6) is -0.889. The van der Waals surface area contributed by atoms with E-state index in [2.05, 4.69) is 5.32 Å². The first-order valence-corrected chi connectivity index (χ1v) is 16.5. The van der Waals surface area contributed by atoms with Crippen molar-refractivity contribution in [3.63, 3.8) is 0 Å². The van der Waals surface area contributed by atoms with Crippen LogP contribution in [0.3, 0.4) is 0 Å². The van der Waals surface area contributed by atoms with E-state index in [-0.39, 0.29) is 34.1 Å². The number of sulfonamides is 1. The van der Waals surface area contributed by atoms with Crippen LogP contribution < -0.4 is 9.62 Å². The molecule has 7 nitrogen and oxygen atoms in total. The first kappa shape index (κ1) is 32.4. The van der Waals surface area contributed by atoms with Crippen LogP contribution in [0.1, 0.15) is 44.6 Å². The van der Waals surface area contributed by atoms with Crippen LogP contribution in [0, 0.1) is 0 Å². The maximum Gasteiger partial charge on any atom is 0.264 e. The molecule has 0 bridgehead atoms. The molecule has 1 atom stereocenters. The molecule has 0 spiro atoms. The molecule has 12 heteroatoms. The van der Waals surface area contributed by atoms with Crippen LogP contribution in [0.4, 0.5) is 5.69 Å². The van der Waals surface area contributed by atoms with Crippen molar-refractivity contribution >= 4 is 73.9 Å². The first-order chi connectivity index (χ1) is 20.0. The van der Waals surface area contributed by atoms with Crippen molar-refractivity contribution in [1.82, 2.24) is 10.2 Å². The lowest BCUT2D eigenvalue weighted by atomic mass is 10.1. The maximum absolute atomic E-state index is 14.2. The Morgan fingerprint density at radius 3 is 2.21 bits per heavy atom. The average molecular weight is 671 g/mol. The Bertz CT molecular complexity index is 1530. The molecule has 4 rings (SSSR count). The van der Waals surface area contributed by atoms with E-state index < -0.39 is 28.5 Å². The van der Waals surface area contributed by atoms with Gasteiger partial charge >= 0.3 is 0 Å². The molecular weight excluding hydrogens is 640 g/mol. The Balaban J connectivity index is 1.74. The minimum absolute atomic E-state index is 0.000109. The second kappa shape index (κ2) is 14.3. The number of hydrogen-bond donors (Lipinski definition) is 1. The van der Waals surface area contributed by atoms with Crippen molar-refractivity contribution in [2.75, 3.05) is 10.8 Å². The molecule has 1 aliphatic carbocycles. The Kier molecular flexibility index (Phi) is 11.1. The van der Waals surface area contributed by atoms with Gasteiger partial charge in [-0.1, -0.05) is 90.4 Å². The lowest BCUT2D eigenvalue weighted by Gasteiger charge is -2.34. The van der Waals surface area contributed by atoms with Crippen LogP contribution in [-0.4, -0.2) is 43.8 Å². The van der Waals surface area contributed by atoms with Crippen LogP contribution >= 0.6 is 46.4 Å². The number of halogens is 4. The number of anilines is 1. The second-order valence-electron chi connectivity index (χ2n) is 10.1. The van der Waals surface area contributed by atoms with E-state index in [1.807, 2.05) is 6.92 Å². The summed E-state index contributed by atoms with van der Waals surface area (Å²) >= 11 is 24.9. The Labute approximate surface area is 266 Å². The molecule has 0 aromatic heterocycles. The van der Waals surface area contributed by atoms with Crippen molar-refractivity contribution in [3.05, 3.63) is 92.4 Å². The second-order valence-corrected chi connectivity index (χ2v) is 13.6. The predicted molar refractivity (Wildman–Crippen MR) is 169 cm³/mol. The monoisotopic (exact) mass is 669 g/mol. The number of rotatable bonds is 11. The Morgan fingerprint density at radius 2 is 1.60 bits per heavy atom. The van der Waals surface area contributed by atoms with E-state index in [1.54, 1.807) is 36.4 Å². The van der Waals surface area contributed by atoms with Crippen molar-refractivity contribution in [3.8, 4) is 0 Å². The SMILES string of the molecule is CCC(C(=O)NC1CCCC1)N(Cc1ccc(Cl)c(Cl)c1)C(=O)CN(c1ccc(Cl)cc1Cl)S(=O)(=O)c1ccccc1. The van der Waals surface area contributed by atoms with E-state index in [4.69, 9.17) is 46.4 Å². The summed E-state index contributed by atoms with van der Waals surface area (Å²) in [6.45, 7) is 1.19. The van der Waals surface area contributed by atoms with E-state index in [9.17, 15) is 18.0 Å². The van der Waals surface area contributed by atoms with Crippen molar-refractivity contribution in [2.45, 2.75) is 62.6 Å². The number of benzene rings is 3. The summed E-state index contributed by atoms with van der Waals surface area (Å²) in [6.07, 6.45) is 4.12. The van der Waals surface area contributed by atoms with E-state index in [1.165, 1.54) is 35.2 Å². The smallest absolute Gasteiger partial charge is 0.264 e. The third-order valence-electron chi connectivity index (χ3n) is 7.21. The fourth-order valence-electron chi connectivity index (χ4n) is 5.04. The molecule has 0 saturated heterocycles. The van der Waals surface area contributed by atoms with Crippen molar-refractivity contribution in [1.29, 1.82) is 0 Å². The van der Waals surface area contributed by atoms with Gasteiger partial charge in [0, 0.05) is 17.6 Å². The zero-order valence-electron chi connectivity index (χ0n) is 22.9. The number of hydrogen-bond acceptors (Lipinski definition) is 4. The minimum Gasteiger partial charge on any atom is -0.352 e. The first-order valence-electron chi connectivity index (χ1n) is 13.6. The van der Waals surface area contributed by atoms with Gasteiger partial charge in [-0.3, -0.25) is 13.9 Å². The average Bonchev–Trinajstić information content (AvgIpc) is 3.47. The maximum atomic E-state index is 14.2. The van der Waals surface area contributed by atoms with E-state index in [0.717, 1.165) is 30.0 Å². The molecule has 224 valence electrons. The standard InChI is InChI=1S/C30H31Cl4N3O4S/c1-2-27(30(39)35-22-8-6-7-9-22)36(18-20-12-14-24(32)25(33)16-20)29(38)19-37(28-15-13-21(31)17-26(28)34)42(40,41)23-10-4-3-5-11-23/h3-5,10-17,22,27H,2,6-9,18-19H2,1H3,(H,35,39). The van der Waals surface area contributed by atoms with E-state index in [0.29, 0.717) is 27.1 Å². The van der Waals surface area contributed by atoms with Crippen molar-refractivity contribution in [2.24, 2.45) is 0 Å². The molecule has 1 aliphatic rings. The van der Waals surface area contributed by atoms with Gasteiger partial charge in [0.15, 0.2) is 0 Å². The highest BCUT2D eigenvalue weighted by molar-refractivity contribution is 7.92. The molecule has 1 saturated carbocycles. The molecule has 1 N–H and O–H groups in total. The summed E-state index contributed by atoms with van der Waals surface area (Å²) in [7, 11) is -4.26. The lowest BCUT2D eigenvalue weighted by Crippen LogP contribution is -2.53. The fourth-order valence-corrected chi connectivity index (χ4v) is 7.37. The van der Waals surface area contributed by atoms with Crippen LogP contribution in [0.2, 0.25) is 20.1 Å². The van der Waals surface area contributed by atoms with Crippen LogP contribution in [0.25, 0.3) is 0 Å². The largest absolute Gasteiger partial charge is 0.352 e. The number of nitrogens with one attached hydrogen (secondary N) is 1. The van der Waals surface area contributed by atoms with Gasteiger partial charge < -0.3 is 10.2 Å². The van der Waals surface area contributed by atoms with Crippen LogP contribution in [0.5, 0.6) is 0 Å². The summed E-state index contributed by atoms with van der Waals surface area (Å²) in [6, 6.07) is 16.2. The lowest BCUT2D eigenvalue weighted by molar-refractivity contribution is -0.140. The summed E-state index contributed by atoms with van der Waals surface area (Å²) in [4.78, 5) is 29.1. The molecule has 3 aromatic carbocycles. The molecule has 1 fully saturated rings. The number of nitrogens with zero attached hydrogens (tertiary/aromatic N) is 2. The van der Waals surface area contributed by atoms with Crippen LogP contribution in [0.15, 0.2) is 71.6 Å². The van der Waals surface area contributed by atoms with E-state index >= 15 is 0 Å². The predicted octanol–water partition coefficient (Wildman–Crippen LogP) is 7.36. The molecule has 0 heterocycles. The molecule has 3 aromatic rings. The van der Waals surface area contributed by atoms with Crippen LogP contribution in [-0.2, 0) is 26.2 Å². The van der Waals surface area contributed by atoms with Crippen molar-refractivity contribution < 1.29 is 18.0 Å². The number of carbonyl (C=O) groups is 2. The van der Waals surface area contributed by atoms with Gasteiger partial charge in [0.1, 0.15) is 12.6 Å². The van der Waals surface area contributed by atoms with Gasteiger partial charge in [0.2, 0.25) is 11.8 Å². The third-order valence-corrected chi connectivity index (χ3v) is 10.3. The topological polar surface area (TPSA) is 86.8 Å². The summed E-state index contributed by atoms with van der Waals surface area (Å²) < 4.78 is 28.8. The molecule has 42 heavy (non-hydrogen) atoms. The molecule has 0 aliphatic heterocycles. The highest BCUT2D eigenvalue weighted by Crippen LogP contribution is 2.33. The molecule has 2 amide bonds. The van der Waals surface area contributed by atoms with Gasteiger partial charge in [-0.2, -0.15) is 0 Å². The summed E-state index contributed by atoms with van der Waals surface area (Å²) in [5.41, 5.74) is 0.711. The zero-order valence-corrected chi connectivity index (χ0v) is 26.7. The highest BCUT2D eigenvalue weighted by Gasteiger charge is 2.35. The fraction of sp³-hybridized carbons (Fsp3) is 0.333. The van der Waals surface area contributed by atoms with Gasteiger partial charge in [0.05, 0.1) is 25.7 Å². The minimum atomic E-state index is -4.26. The van der Waals surface area contributed by atoms with Gasteiger partial charge in [-0.15, -0.1) is 0 Å². The normalized spacial score (nSPS) is 14.4. The number of amides is 2. The Hall–Kier alpha value is -2.49. The molecule has 1 unspecified atom stereocenters. The summed E-state index contributed by atoms with van der Waals surface area (Å²) in [5, 5.41) is 4.09. The van der Waals surface area contributed by atoms with Gasteiger partial charge in [-0.05, 0) is 67.3 Å².